The van der Waals surface area contributed by atoms with Crippen LogP contribution in [0.1, 0.15) is 28.8 Å². The molecule has 0 spiro atoms. The number of nitrogens with one attached hydrogen (secondary N) is 1. The summed E-state index contributed by atoms with van der Waals surface area (Å²) in [4.78, 5) is 37.4. The molecule has 0 bridgehead atoms. The maximum absolute atomic E-state index is 13.0. The molecule has 1 saturated heterocycles. The Bertz CT molecular complexity index is 902. The molecule has 8 heteroatoms. The average molecular weight is 449 g/mol. The van der Waals surface area contributed by atoms with Crippen molar-refractivity contribution >= 4 is 39.4 Å². The van der Waals surface area contributed by atoms with Crippen molar-refractivity contribution < 1.29 is 23.5 Å². The number of anilines is 1. The van der Waals surface area contributed by atoms with Crippen LogP contribution in [0, 0.1) is 5.82 Å². The van der Waals surface area contributed by atoms with Crippen molar-refractivity contribution in [1.29, 1.82) is 0 Å². The zero-order chi connectivity index (χ0) is 20.1. The van der Waals surface area contributed by atoms with Gasteiger partial charge in [-0.05, 0) is 42.8 Å². The number of amides is 2. The van der Waals surface area contributed by atoms with Crippen LogP contribution in [-0.2, 0) is 20.9 Å². The summed E-state index contributed by atoms with van der Waals surface area (Å²) in [6, 6.07) is 10.7. The first-order valence-electron chi connectivity index (χ1n) is 8.72. The van der Waals surface area contributed by atoms with Crippen LogP contribution in [0.3, 0.4) is 0 Å². The van der Waals surface area contributed by atoms with E-state index in [1.54, 1.807) is 29.2 Å². The molecule has 0 unspecified atom stereocenters. The normalized spacial score (nSPS) is 13.5. The Balaban J connectivity index is 1.48. The second-order valence-electron chi connectivity index (χ2n) is 6.27. The third-order valence-corrected chi connectivity index (χ3v) is 5.05. The van der Waals surface area contributed by atoms with E-state index in [4.69, 9.17) is 4.74 Å². The number of esters is 1. The number of carbonyl (C=O) groups is 3. The van der Waals surface area contributed by atoms with Crippen molar-refractivity contribution in [2.75, 3.05) is 18.0 Å². The fourth-order valence-corrected chi connectivity index (χ4v) is 3.28. The standard InChI is InChI=1S/C20H18BrFN2O4/c21-17-10-15(22)6-3-14(17)12-28-19(26)11-23-20(27)13-4-7-16(8-5-13)24-9-1-2-18(24)25/h3-8,10H,1-2,9,11-12H2,(H,23,27). The Morgan fingerprint density at radius 1 is 1.18 bits per heavy atom. The lowest BCUT2D eigenvalue weighted by Gasteiger charge is -2.15. The van der Waals surface area contributed by atoms with Crippen molar-refractivity contribution in [3.05, 3.63) is 63.9 Å². The van der Waals surface area contributed by atoms with Gasteiger partial charge in [-0.1, -0.05) is 22.0 Å². The second-order valence-corrected chi connectivity index (χ2v) is 7.13. The Morgan fingerprint density at radius 3 is 2.57 bits per heavy atom. The molecule has 1 fully saturated rings. The van der Waals surface area contributed by atoms with Gasteiger partial charge in [0.2, 0.25) is 5.91 Å². The van der Waals surface area contributed by atoms with Crippen molar-refractivity contribution in [2.24, 2.45) is 0 Å². The second kappa shape index (κ2) is 8.97. The Morgan fingerprint density at radius 2 is 1.93 bits per heavy atom. The summed E-state index contributed by atoms with van der Waals surface area (Å²) in [6.45, 7) is 0.360. The van der Waals surface area contributed by atoms with Crippen LogP contribution in [0.5, 0.6) is 0 Å². The van der Waals surface area contributed by atoms with Gasteiger partial charge in [-0.15, -0.1) is 0 Å². The van der Waals surface area contributed by atoms with Gasteiger partial charge in [0.25, 0.3) is 5.91 Å². The molecule has 1 heterocycles. The van der Waals surface area contributed by atoms with E-state index in [0.29, 0.717) is 28.6 Å². The van der Waals surface area contributed by atoms with E-state index in [1.807, 2.05) is 0 Å². The monoisotopic (exact) mass is 448 g/mol. The fraction of sp³-hybridized carbons (Fsp3) is 0.250. The number of halogens is 2. The van der Waals surface area contributed by atoms with Crippen LogP contribution < -0.4 is 10.2 Å². The number of carbonyl (C=O) groups excluding carboxylic acids is 3. The summed E-state index contributed by atoms with van der Waals surface area (Å²) in [7, 11) is 0. The molecule has 0 radical (unpaired) electrons. The predicted octanol–water partition coefficient (Wildman–Crippen LogP) is 3.19. The minimum absolute atomic E-state index is 0.0336. The number of rotatable bonds is 6. The maximum atomic E-state index is 13.0. The highest BCUT2D eigenvalue weighted by Gasteiger charge is 2.21. The van der Waals surface area contributed by atoms with Gasteiger partial charge in [0.05, 0.1) is 0 Å². The summed E-state index contributed by atoms with van der Waals surface area (Å²) < 4.78 is 18.6. The molecule has 1 N–H and O–H groups in total. The molecule has 28 heavy (non-hydrogen) atoms. The van der Waals surface area contributed by atoms with Crippen molar-refractivity contribution in [3.63, 3.8) is 0 Å². The van der Waals surface area contributed by atoms with E-state index in [1.165, 1.54) is 18.2 Å². The molecule has 6 nitrogen and oxygen atoms in total. The van der Waals surface area contributed by atoms with Gasteiger partial charge in [0.15, 0.2) is 0 Å². The number of hydrogen-bond donors (Lipinski definition) is 1. The fourth-order valence-electron chi connectivity index (χ4n) is 2.82. The van der Waals surface area contributed by atoms with E-state index >= 15 is 0 Å². The Kier molecular flexibility index (Phi) is 6.41. The van der Waals surface area contributed by atoms with Gasteiger partial charge in [-0.25, -0.2) is 4.39 Å². The van der Waals surface area contributed by atoms with Gasteiger partial charge >= 0.3 is 5.97 Å². The van der Waals surface area contributed by atoms with E-state index in [9.17, 15) is 18.8 Å². The Labute approximate surface area is 169 Å². The summed E-state index contributed by atoms with van der Waals surface area (Å²) in [5, 5.41) is 2.49. The van der Waals surface area contributed by atoms with E-state index in [-0.39, 0.29) is 19.1 Å². The third kappa shape index (κ3) is 4.95. The minimum atomic E-state index is -0.608. The van der Waals surface area contributed by atoms with Crippen LogP contribution >= 0.6 is 15.9 Å². The topological polar surface area (TPSA) is 75.7 Å². The third-order valence-electron chi connectivity index (χ3n) is 4.31. The van der Waals surface area contributed by atoms with Crippen LogP contribution in [0.4, 0.5) is 10.1 Å². The van der Waals surface area contributed by atoms with Crippen LogP contribution in [0.25, 0.3) is 0 Å². The molecule has 0 saturated carbocycles. The maximum Gasteiger partial charge on any atom is 0.325 e. The molecular weight excluding hydrogens is 431 g/mol. The van der Waals surface area contributed by atoms with Gasteiger partial charge < -0.3 is 15.0 Å². The summed E-state index contributed by atoms with van der Waals surface area (Å²) in [5.74, 6) is -1.34. The quantitative estimate of drug-likeness (QED) is 0.688. The lowest BCUT2D eigenvalue weighted by molar-refractivity contribution is -0.143. The highest BCUT2D eigenvalue weighted by molar-refractivity contribution is 9.10. The van der Waals surface area contributed by atoms with Crippen LogP contribution in [0.15, 0.2) is 46.9 Å². The average Bonchev–Trinajstić information content (AvgIpc) is 3.11. The van der Waals surface area contributed by atoms with E-state index in [2.05, 4.69) is 21.2 Å². The molecule has 0 atom stereocenters. The first-order valence-corrected chi connectivity index (χ1v) is 9.51. The summed E-state index contributed by atoms with van der Waals surface area (Å²) in [5.41, 5.74) is 1.75. The van der Waals surface area contributed by atoms with E-state index in [0.717, 1.165) is 12.1 Å². The van der Waals surface area contributed by atoms with Gasteiger partial charge in [-0.2, -0.15) is 0 Å². The van der Waals surface area contributed by atoms with Crippen molar-refractivity contribution in [3.8, 4) is 0 Å². The number of hydrogen-bond acceptors (Lipinski definition) is 4. The largest absolute Gasteiger partial charge is 0.459 e. The SMILES string of the molecule is O=C(CNC(=O)c1ccc(N2CCCC2=O)cc1)OCc1ccc(F)cc1Br. The van der Waals surface area contributed by atoms with Crippen molar-refractivity contribution in [1.82, 2.24) is 5.32 Å². The molecule has 0 aromatic heterocycles. The molecular formula is C20H18BrFN2O4. The van der Waals surface area contributed by atoms with Crippen molar-refractivity contribution in [2.45, 2.75) is 19.4 Å². The van der Waals surface area contributed by atoms with Crippen LogP contribution in [0.2, 0.25) is 0 Å². The zero-order valence-electron chi connectivity index (χ0n) is 14.9. The highest BCUT2D eigenvalue weighted by Crippen LogP contribution is 2.21. The smallest absolute Gasteiger partial charge is 0.325 e. The first kappa shape index (κ1) is 20.0. The lowest BCUT2D eigenvalue weighted by atomic mass is 10.2. The summed E-state index contributed by atoms with van der Waals surface area (Å²) in [6.07, 6.45) is 1.37. The molecule has 3 rings (SSSR count). The highest BCUT2D eigenvalue weighted by atomic mass is 79.9. The predicted molar refractivity (Wildman–Crippen MR) is 104 cm³/mol. The molecule has 2 amide bonds. The van der Waals surface area contributed by atoms with Gasteiger partial charge in [0.1, 0.15) is 19.0 Å². The van der Waals surface area contributed by atoms with E-state index < -0.39 is 17.7 Å². The van der Waals surface area contributed by atoms with Gasteiger partial charge in [-0.3, -0.25) is 14.4 Å². The zero-order valence-corrected chi connectivity index (χ0v) is 16.5. The molecule has 146 valence electrons. The number of ether oxygens (including phenoxy) is 1. The minimum Gasteiger partial charge on any atom is -0.459 e. The molecule has 1 aliphatic rings. The molecule has 2 aromatic rings. The molecule has 0 aliphatic carbocycles. The summed E-state index contributed by atoms with van der Waals surface area (Å²) >= 11 is 3.20. The number of benzene rings is 2. The molecule has 2 aromatic carbocycles. The Hall–Kier alpha value is -2.74. The first-order chi connectivity index (χ1) is 13.4. The van der Waals surface area contributed by atoms with Gasteiger partial charge in [0, 0.05) is 34.3 Å². The lowest BCUT2D eigenvalue weighted by Crippen LogP contribution is -2.30. The molecule has 1 aliphatic heterocycles. The van der Waals surface area contributed by atoms with Crippen LogP contribution in [-0.4, -0.2) is 30.9 Å². The number of nitrogens with zero attached hydrogens (tertiary/aromatic N) is 1.